The van der Waals surface area contributed by atoms with Crippen LogP contribution < -0.4 is 5.32 Å². The Bertz CT molecular complexity index is 992. The molecule has 1 heterocycles. The van der Waals surface area contributed by atoms with Crippen molar-refractivity contribution >= 4 is 28.9 Å². The van der Waals surface area contributed by atoms with E-state index in [0.29, 0.717) is 21.8 Å². The molecule has 0 aliphatic carbocycles. The molecule has 0 fully saturated rings. The van der Waals surface area contributed by atoms with Gasteiger partial charge in [-0.15, -0.1) is 11.3 Å². The molecule has 0 saturated heterocycles. The number of nitrogens with zero attached hydrogens (tertiary/aromatic N) is 1. The average molecular weight is 394 g/mol. The van der Waals surface area contributed by atoms with Gasteiger partial charge in [0, 0.05) is 11.3 Å². The third-order valence-electron chi connectivity index (χ3n) is 4.14. The van der Waals surface area contributed by atoms with E-state index in [0.717, 1.165) is 16.1 Å². The molecule has 28 heavy (non-hydrogen) atoms. The van der Waals surface area contributed by atoms with Crippen LogP contribution in [0, 0.1) is 27.7 Å². The van der Waals surface area contributed by atoms with Crippen molar-refractivity contribution in [1.29, 1.82) is 0 Å². The minimum Gasteiger partial charge on any atom is -0.443 e. The van der Waals surface area contributed by atoms with E-state index in [-0.39, 0.29) is 0 Å². The number of thiazole rings is 1. The maximum Gasteiger partial charge on any atom is 0.351 e. The number of hydrogen-bond acceptors (Lipinski definition) is 5. The van der Waals surface area contributed by atoms with Gasteiger partial charge in [0.25, 0.3) is 5.91 Å². The van der Waals surface area contributed by atoms with E-state index < -0.39 is 18.0 Å². The topological polar surface area (TPSA) is 68.3 Å². The summed E-state index contributed by atoms with van der Waals surface area (Å²) in [6.45, 7) is 7.52. The fraction of sp³-hybridized carbons (Fsp3) is 0.227. The number of nitrogens with one attached hydrogen (secondary N) is 1. The summed E-state index contributed by atoms with van der Waals surface area (Å²) in [5, 5.41) is 3.65. The van der Waals surface area contributed by atoms with Crippen molar-refractivity contribution in [2.45, 2.75) is 33.8 Å². The molecular formula is C22H22N2O3S. The molecule has 3 rings (SSSR count). The van der Waals surface area contributed by atoms with Crippen molar-refractivity contribution < 1.29 is 14.3 Å². The summed E-state index contributed by atoms with van der Waals surface area (Å²) in [5.41, 5.74) is 3.97. The largest absolute Gasteiger partial charge is 0.443 e. The maximum atomic E-state index is 13.0. The predicted molar refractivity (Wildman–Crippen MR) is 111 cm³/mol. The van der Waals surface area contributed by atoms with Crippen molar-refractivity contribution in [2.24, 2.45) is 0 Å². The Kier molecular flexibility index (Phi) is 5.90. The fourth-order valence-electron chi connectivity index (χ4n) is 3.04. The van der Waals surface area contributed by atoms with Gasteiger partial charge in [-0.2, -0.15) is 0 Å². The molecule has 1 unspecified atom stereocenters. The number of aryl methyl sites for hydroxylation is 4. The van der Waals surface area contributed by atoms with Crippen molar-refractivity contribution in [1.82, 2.24) is 4.98 Å². The van der Waals surface area contributed by atoms with Gasteiger partial charge < -0.3 is 10.1 Å². The second kappa shape index (κ2) is 8.35. The molecule has 6 heteroatoms. The lowest BCUT2D eigenvalue weighted by Gasteiger charge is -2.18. The van der Waals surface area contributed by atoms with Gasteiger partial charge >= 0.3 is 5.97 Å². The minimum atomic E-state index is -1.06. The van der Waals surface area contributed by atoms with E-state index in [2.05, 4.69) is 10.3 Å². The molecule has 3 aromatic rings. The van der Waals surface area contributed by atoms with E-state index in [1.54, 1.807) is 19.1 Å². The molecule has 1 N–H and O–H groups in total. The lowest BCUT2D eigenvalue weighted by atomic mass is 10.1. The highest BCUT2D eigenvalue weighted by atomic mass is 32.1. The van der Waals surface area contributed by atoms with Gasteiger partial charge in [0.05, 0.1) is 10.7 Å². The van der Waals surface area contributed by atoms with Crippen molar-refractivity contribution in [3.63, 3.8) is 0 Å². The highest BCUT2D eigenvalue weighted by Gasteiger charge is 2.27. The number of aromatic nitrogens is 1. The van der Waals surface area contributed by atoms with Crippen LogP contribution in [-0.4, -0.2) is 16.9 Å². The zero-order chi connectivity index (χ0) is 20.3. The summed E-state index contributed by atoms with van der Waals surface area (Å²) in [4.78, 5) is 30.4. The van der Waals surface area contributed by atoms with E-state index in [9.17, 15) is 9.59 Å². The highest BCUT2D eigenvalue weighted by molar-refractivity contribution is 7.13. The number of anilines is 1. The van der Waals surface area contributed by atoms with Crippen LogP contribution in [0.15, 0.2) is 48.5 Å². The molecule has 2 aromatic carbocycles. The first-order chi connectivity index (χ1) is 13.3. The molecule has 0 bridgehead atoms. The Hall–Kier alpha value is -2.99. The molecule has 1 atom stereocenters. The first-order valence-electron chi connectivity index (χ1n) is 8.92. The molecule has 0 saturated carbocycles. The minimum absolute atomic E-state index is 0.400. The van der Waals surface area contributed by atoms with E-state index in [1.807, 2.05) is 57.2 Å². The van der Waals surface area contributed by atoms with Gasteiger partial charge in [-0.25, -0.2) is 9.78 Å². The first-order valence-corrected chi connectivity index (χ1v) is 9.74. The predicted octanol–water partition coefficient (Wildman–Crippen LogP) is 4.91. The van der Waals surface area contributed by atoms with Gasteiger partial charge in [0.15, 0.2) is 0 Å². The second-order valence-corrected chi connectivity index (χ2v) is 7.91. The highest BCUT2D eigenvalue weighted by Crippen LogP contribution is 2.25. The molecule has 0 spiro atoms. The molecule has 0 aliphatic rings. The summed E-state index contributed by atoms with van der Waals surface area (Å²) in [6, 6.07) is 14.8. The quantitative estimate of drug-likeness (QED) is 0.624. The molecule has 0 radical (unpaired) electrons. The number of benzene rings is 2. The number of carbonyl (C=O) groups excluding carboxylic acids is 2. The van der Waals surface area contributed by atoms with Gasteiger partial charge in [-0.05, 0) is 51.0 Å². The van der Waals surface area contributed by atoms with Crippen LogP contribution in [0.4, 0.5) is 5.69 Å². The maximum absolute atomic E-state index is 13.0. The van der Waals surface area contributed by atoms with Crippen LogP contribution >= 0.6 is 11.3 Å². The van der Waals surface area contributed by atoms with E-state index in [4.69, 9.17) is 4.74 Å². The summed E-state index contributed by atoms with van der Waals surface area (Å²) in [6.07, 6.45) is -1.06. The Balaban J connectivity index is 1.87. The van der Waals surface area contributed by atoms with E-state index in [1.165, 1.54) is 11.3 Å². The Morgan fingerprint density at radius 1 is 1.00 bits per heavy atom. The Morgan fingerprint density at radius 2 is 1.64 bits per heavy atom. The standard InChI is InChI=1S/C22H22N2O3S/c1-13-10-14(2)12-18(11-13)24-21(25)19(17-8-6-5-7-9-17)27-22(26)20-15(3)23-16(4)28-20/h5-12,19H,1-4H3,(H,24,25). The second-order valence-electron chi connectivity index (χ2n) is 6.71. The lowest BCUT2D eigenvalue weighted by molar-refractivity contribution is -0.125. The van der Waals surface area contributed by atoms with Crippen LogP contribution in [0.2, 0.25) is 0 Å². The lowest BCUT2D eigenvalue weighted by Crippen LogP contribution is -2.26. The molecule has 1 amide bonds. The third kappa shape index (κ3) is 4.64. The van der Waals surface area contributed by atoms with Gasteiger partial charge in [0.2, 0.25) is 6.10 Å². The SMILES string of the molecule is Cc1cc(C)cc(NC(=O)C(OC(=O)c2sc(C)nc2C)c2ccccc2)c1. The zero-order valence-corrected chi connectivity index (χ0v) is 17.1. The monoisotopic (exact) mass is 394 g/mol. The van der Waals surface area contributed by atoms with Crippen LogP contribution in [0.3, 0.4) is 0 Å². The molecule has 5 nitrogen and oxygen atoms in total. The fourth-order valence-corrected chi connectivity index (χ4v) is 3.84. The number of hydrogen-bond donors (Lipinski definition) is 1. The number of ether oxygens (including phenoxy) is 1. The van der Waals surface area contributed by atoms with Crippen molar-refractivity contribution in [2.75, 3.05) is 5.32 Å². The Labute approximate surface area is 168 Å². The van der Waals surface area contributed by atoms with Crippen molar-refractivity contribution in [3.8, 4) is 0 Å². The number of rotatable bonds is 5. The van der Waals surface area contributed by atoms with Gasteiger partial charge in [-0.3, -0.25) is 4.79 Å². The first kappa shape index (κ1) is 19.8. The van der Waals surface area contributed by atoms with Crippen LogP contribution in [0.5, 0.6) is 0 Å². The van der Waals surface area contributed by atoms with Crippen molar-refractivity contribution in [3.05, 3.63) is 80.8 Å². The number of carbonyl (C=O) groups is 2. The van der Waals surface area contributed by atoms with Crippen LogP contribution in [0.1, 0.15) is 43.2 Å². The van der Waals surface area contributed by atoms with E-state index >= 15 is 0 Å². The number of esters is 1. The van der Waals surface area contributed by atoms with Crippen LogP contribution in [0.25, 0.3) is 0 Å². The van der Waals surface area contributed by atoms with Gasteiger partial charge in [0.1, 0.15) is 4.88 Å². The summed E-state index contributed by atoms with van der Waals surface area (Å²) >= 11 is 1.26. The summed E-state index contributed by atoms with van der Waals surface area (Å²) < 4.78 is 5.63. The summed E-state index contributed by atoms with van der Waals surface area (Å²) in [5.74, 6) is -0.948. The van der Waals surface area contributed by atoms with Crippen LogP contribution in [-0.2, 0) is 9.53 Å². The molecule has 0 aliphatic heterocycles. The molecule has 144 valence electrons. The third-order valence-corrected chi connectivity index (χ3v) is 5.20. The molecule has 1 aromatic heterocycles. The zero-order valence-electron chi connectivity index (χ0n) is 16.3. The smallest absolute Gasteiger partial charge is 0.351 e. The van der Waals surface area contributed by atoms with Gasteiger partial charge in [-0.1, -0.05) is 36.4 Å². The normalized spacial score (nSPS) is 11.7. The number of amides is 1. The summed E-state index contributed by atoms with van der Waals surface area (Å²) in [7, 11) is 0. The molecular weight excluding hydrogens is 372 g/mol. The Morgan fingerprint density at radius 3 is 2.21 bits per heavy atom. The average Bonchev–Trinajstić information content (AvgIpc) is 2.97.